The molecule has 1 saturated heterocycles. The lowest BCUT2D eigenvalue weighted by atomic mass is 9.96. The average molecular weight is 521 g/mol. The van der Waals surface area contributed by atoms with E-state index in [4.69, 9.17) is 9.52 Å². The molecular weight excluding hydrogens is 497 g/mol. The van der Waals surface area contributed by atoms with Crippen LogP contribution in [0.1, 0.15) is 0 Å². The first-order chi connectivity index (χ1) is 17.1. The summed E-state index contributed by atoms with van der Waals surface area (Å²) in [6.45, 7) is 0.640. The quantitative estimate of drug-likeness (QED) is 0.403. The monoisotopic (exact) mass is 520 g/mol. The smallest absolute Gasteiger partial charge is 0.453 e. The minimum atomic E-state index is -4.86. The van der Waals surface area contributed by atoms with Gasteiger partial charge in [-0.15, -0.1) is 13.2 Å². The number of benzene rings is 3. The van der Waals surface area contributed by atoms with Gasteiger partial charge in [0.1, 0.15) is 15.7 Å². The predicted molar refractivity (Wildman–Crippen MR) is 127 cm³/mol. The van der Waals surface area contributed by atoms with Gasteiger partial charge in [-0.3, -0.25) is 0 Å². The Kier molecular flexibility index (Phi) is 6.29. The molecule has 36 heavy (non-hydrogen) atoms. The van der Waals surface area contributed by atoms with Crippen molar-refractivity contribution in [3.8, 4) is 17.2 Å². The van der Waals surface area contributed by atoms with Gasteiger partial charge in [0.15, 0.2) is 11.5 Å². The molecule has 12 heteroatoms. The van der Waals surface area contributed by atoms with Crippen LogP contribution in [0.15, 0.2) is 77.7 Å². The lowest BCUT2D eigenvalue weighted by Crippen LogP contribution is -2.64. The van der Waals surface area contributed by atoms with Crippen molar-refractivity contribution in [2.75, 3.05) is 18.0 Å². The Labute approximate surface area is 205 Å². The van der Waals surface area contributed by atoms with Crippen molar-refractivity contribution in [2.24, 2.45) is 0 Å². The number of hydrogen-bond donors (Lipinski definition) is 4. The third kappa shape index (κ3) is 4.85. The summed E-state index contributed by atoms with van der Waals surface area (Å²) < 4.78 is 71.4. The molecule has 0 aliphatic carbocycles. The maximum absolute atomic E-state index is 13.2. The van der Waals surface area contributed by atoms with Crippen LogP contribution in [-0.2, 0) is 9.92 Å². The fourth-order valence-corrected chi connectivity index (χ4v) is 5.76. The number of halogens is 3. The minimum absolute atomic E-state index is 0.0339. The number of aliphatic hydroxyl groups is 1. The number of aliphatic hydroxyl groups excluding tert-OH is 1. The molecule has 1 fully saturated rings. The second kappa shape index (κ2) is 9.28. The molecular formula is C24H23F3N4O4S. The third-order valence-corrected chi connectivity index (χ3v) is 7.60. The van der Waals surface area contributed by atoms with E-state index in [1.807, 2.05) is 53.4 Å². The number of alkyl halides is 3. The van der Waals surface area contributed by atoms with Gasteiger partial charge in [0.05, 0.1) is 34.5 Å². The summed E-state index contributed by atoms with van der Waals surface area (Å²) >= 11 is 0. The number of nitrogens with one attached hydrogen (secondary N) is 3. The van der Waals surface area contributed by atoms with Crippen LogP contribution >= 0.6 is 0 Å². The largest absolute Gasteiger partial charge is 0.573 e. The van der Waals surface area contributed by atoms with Crippen LogP contribution in [0.25, 0.3) is 0 Å². The highest BCUT2D eigenvalue weighted by atomic mass is 32.2. The fraction of sp³-hybridized carbons (Fsp3) is 0.250. The molecule has 3 aromatic carbocycles. The molecule has 0 bridgehead atoms. The molecule has 8 nitrogen and oxygen atoms in total. The van der Waals surface area contributed by atoms with E-state index in [-0.39, 0.29) is 11.4 Å². The van der Waals surface area contributed by atoms with Gasteiger partial charge >= 0.3 is 6.36 Å². The topological polar surface area (TPSA) is 107 Å². The van der Waals surface area contributed by atoms with Gasteiger partial charge in [0, 0.05) is 13.1 Å². The molecule has 4 N–H and O–H groups in total. The molecule has 190 valence electrons. The highest BCUT2D eigenvalue weighted by molar-refractivity contribution is 7.90. The zero-order valence-electron chi connectivity index (χ0n) is 18.7. The van der Waals surface area contributed by atoms with Crippen molar-refractivity contribution in [3.63, 3.8) is 0 Å². The normalized spacial score (nSPS) is 23.1. The van der Waals surface area contributed by atoms with Gasteiger partial charge < -0.3 is 24.8 Å². The number of nitrogens with zero attached hydrogens (tertiary/aromatic N) is 1. The Morgan fingerprint density at radius 3 is 2.17 bits per heavy atom. The van der Waals surface area contributed by atoms with E-state index in [2.05, 4.69) is 14.8 Å². The highest BCUT2D eigenvalue weighted by Crippen LogP contribution is 2.48. The zero-order chi connectivity index (χ0) is 25.5. The first-order valence-corrected chi connectivity index (χ1v) is 12.6. The van der Waals surface area contributed by atoms with Crippen molar-refractivity contribution in [1.82, 2.24) is 10.0 Å². The van der Waals surface area contributed by atoms with Gasteiger partial charge in [0.2, 0.25) is 0 Å². The predicted octanol–water partition coefficient (Wildman–Crippen LogP) is 4.14. The van der Waals surface area contributed by atoms with Crippen molar-refractivity contribution in [2.45, 2.75) is 29.4 Å². The van der Waals surface area contributed by atoms with E-state index < -0.39 is 40.2 Å². The van der Waals surface area contributed by atoms with Crippen LogP contribution in [-0.4, -0.2) is 47.0 Å². The SMILES string of the molecule is N=S(=O)(NC1CNCC(N2c3ccccc3Oc3ccccc32)C1O)c1ccc(OC(F)(F)F)cc1. The molecule has 4 unspecified atom stereocenters. The summed E-state index contributed by atoms with van der Waals surface area (Å²) in [6.07, 6.45) is -5.91. The Morgan fingerprint density at radius 1 is 1.00 bits per heavy atom. The second-order valence-electron chi connectivity index (χ2n) is 8.42. The van der Waals surface area contributed by atoms with Gasteiger partial charge in [0.25, 0.3) is 0 Å². The van der Waals surface area contributed by atoms with E-state index >= 15 is 0 Å². The van der Waals surface area contributed by atoms with Gasteiger partial charge in [-0.2, -0.15) is 0 Å². The Balaban J connectivity index is 1.39. The lowest BCUT2D eigenvalue weighted by molar-refractivity contribution is -0.274. The van der Waals surface area contributed by atoms with Crippen LogP contribution in [0.2, 0.25) is 0 Å². The molecule has 0 saturated carbocycles. The average Bonchev–Trinajstić information content (AvgIpc) is 2.83. The van der Waals surface area contributed by atoms with Crippen molar-refractivity contribution < 1.29 is 32.0 Å². The number of para-hydroxylation sites is 4. The maximum atomic E-state index is 13.2. The third-order valence-electron chi connectivity index (χ3n) is 6.03. The minimum Gasteiger partial charge on any atom is -0.453 e. The van der Waals surface area contributed by atoms with Crippen LogP contribution in [0, 0.1) is 4.78 Å². The molecule has 2 heterocycles. The maximum Gasteiger partial charge on any atom is 0.573 e. The zero-order valence-corrected chi connectivity index (χ0v) is 19.6. The van der Waals surface area contributed by atoms with Crippen molar-refractivity contribution in [3.05, 3.63) is 72.8 Å². The van der Waals surface area contributed by atoms with Crippen molar-refractivity contribution >= 4 is 21.3 Å². The van der Waals surface area contributed by atoms with E-state index in [9.17, 15) is 22.5 Å². The van der Waals surface area contributed by atoms with E-state index in [1.54, 1.807) is 0 Å². The number of ether oxygens (including phenoxy) is 2. The van der Waals surface area contributed by atoms with E-state index in [0.29, 0.717) is 18.0 Å². The summed E-state index contributed by atoms with van der Waals surface area (Å²) in [7, 11) is -3.66. The molecule has 4 atom stereocenters. The van der Waals surface area contributed by atoms with Crippen LogP contribution in [0.3, 0.4) is 0 Å². The van der Waals surface area contributed by atoms with Gasteiger partial charge in [-0.25, -0.2) is 13.7 Å². The van der Waals surface area contributed by atoms with Crippen LogP contribution in [0.5, 0.6) is 17.2 Å². The first-order valence-electron chi connectivity index (χ1n) is 11.1. The summed E-state index contributed by atoms with van der Waals surface area (Å²) in [5, 5.41) is 14.6. The first kappa shape index (κ1) is 24.4. The van der Waals surface area contributed by atoms with Gasteiger partial charge in [-0.1, -0.05) is 24.3 Å². The molecule has 3 aromatic rings. The second-order valence-corrected chi connectivity index (χ2v) is 10.2. The standard InChI is InChI=1S/C24H23F3N4O4S/c25-24(26,27)35-15-9-11-16(12-10-15)36(28,33)30-17-13-29-14-20(23(17)32)31-18-5-1-3-7-21(18)34-22-8-4-2-6-19(22)31/h1-12,17,20,23,29,32H,13-14H2,(H2,28,30,33). The molecule has 2 aliphatic heterocycles. The van der Waals surface area contributed by atoms with Crippen LogP contribution in [0.4, 0.5) is 24.5 Å². The van der Waals surface area contributed by atoms with E-state index in [0.717, 1.165) is 35.6 Å². The number of rotatable bonds is 5. The number of anilines is 2. The molecule has 5 rings (SSSR count). The molecule has 0 amide bonds. The number of fused-ring (bicyclic) bond motifs is 2. The number of hydrogen-bond acceptors (Lipinski definition) is 7. The molecule has 2 aliphatic rings. The molecule has 0 radical (unpaired) electrons. The Hall–Kier alpha value is -3.32. The summed E-state index contributed by atoms with van der Waals surface area (Å²) in [4.78, 5) is 1.93. The number of piperidine rings is 1. The van der Waals surface area contributed by atoms with Gasteiger partial charge in [-0.05, 0) is 48.5 Å². The lowest BCUT2D eigenvalue weighted by Gasteiger charge is -2.45. The Bertz CT molecular complexity index is 1310. The Morgan fingerprint density at radius 2 is 1.58 bits per heavy atom. The van der Waals surface area contributed by atoms with Crippen molar-refractivity contribution in [1.29, 1.82) is 4.78 Å². The van der Waals surface area contributed by atoms with E-state index in [1.165, 1.54) is 0 Å². The van der Waals surface area contributed by atoms with Crippen LogP contribution < -0.4 is 24.4 Å². The fourth-order valence-electron chi connectivity index (χ4n) is 4.46. The summed E-state index contributed by atoms with van der Waals surface area (Å²) in [5.74, 6) is 0.776. The summed E-state index contributed by atoms with van der Waals surface area (Å²) in [5.41, 5.74) is 1.52. The molecule has 0 spiro atoms. The molecule has 0 aromatic heterocycles. The highest BCUT2D eigenvalue weighted by Gasteiger charge is 2.40. The summed E-state index contributed by atoms with van der Waals surface area (Å²) in [6, 6.07) is 17.8.